The van der Waals surface area contributed by atoms with E-state index in [0.717, 1.165) is 24.7 Å². The number of nitrogens with zero attached hydrogens (tertiary/aromatic N) is 5. The Morgan fingerprint density at radius 3 is 1.77 bits per heavy atom. The Labute approximate surface area is 132 Å². The third-order valence-corrected chi connectivity index (χ3v) is 5.65. The monoisotopic (exact) mass is 325 g/mol. The molecule has 1 aromatic rings. The average Bonchev–Trinajstić information content (AvgIpc) is 2.55. The number of hydrogen-bond acceptors (Lipinski definition) is 6. The van der Waals surface area contributed by atoms with Crippen molar-refractivity contribution in [3.8, 4) is 0 Å². The van der Waals surface area contributed by atoms with Crippen molar-refractivity contribution >= 4 is 21.7 Å². The van der Waals surface area contributed by atoms with Crippen LogP contribution >= 0.6 is 0 Å². The fraction of sp³-hybridized carbons (Fsp3) is 0.714. The van der Waals surface area contributed by atoms with Crippen molar-refractivity contribution in [3.05, 3.63) is 12.1 Å². The van der Waals surface area contributed by atoms with Gasteiger partial charge in [0.25, 0.3) is 0 Å². The van der Waals surface area contributed by atoms with Gasteiger partial charge in [0.15, 0.2) is 11.6 Å². The van der Waals surface area contributed by atoms with Crippen LogP contribution in [0.5, 0.6) is 0 Å². The lowest BCUT2D eigenvalue weighted by Gasteiger charge is -2.34. The first-order chi connectivity index (χ1) is 10.5. The van der Waals surface area contributed by atoms with Crippen molar-refractivity contribution in [1.82, 2.24) is 14.5 Å². The summed E-state index contributed by atoms with van der Waals surface area (Å²) in [4.78, 5) is 4.37. The van der Waals surface area contributed by atoms with Gasteiger partial charge in [0.05, 0.1) is 6.26 Å². The first-order valence-electron chi connectivity index (χ1n) is 7.83. The van der Waals surface area contributed by atoms with Crippen molar-refractivity contribution in [2.45, 2.75) is 19.3 Å². The lowest BCUT2D eigenvalue weighted by Crippen LogP contribution is -2.48. The highest BCUT2D eigenvalue weighted by molar-refractivity contribution is 7.88. The van der Waals surface area contributed by atoms with Crippen LogP contribution in [0, 0.1) is 0 Å². The van der Waals surface area contributed by atoms with Crippen LogP contribution in [0.15, 0.2) is 12.1 Å². The van der Waals surface area contributed by atoms with Crippen LogP contribution < -0.4 is 9.80 Å². The van der Waals surface area contributed by atoms with Gasteiger partial charge in [-0.1, -0.05) is 0 Å². The van der Waals surface area contributed by atoms with Crippen molar-refractivity contribution in [2.75, 3.05) is 55.3 Å². The molecule has 8 heteroatoms. The second-order valence-electron chi connectivity index (χ2n) is 5.95. The summed E-state index contributed by atoms with van der Waals surface area (Å²) in [6.45, 7) is 4.44. The first-order valence-corrected chi connectivity index (χ1v) is 9.67. The number of hydrogen-bond donors (Lipinski definition) is 0. The molecule has 0 spiro atoms. The summed E-state index contributed by atoms with van der Waals surface area (Å²) in [6, 6.07) is 4.02. The van der Waals surface area contributed by atoms with Crippen molar-refractivity contribution in [2.24, 2.45) is 0 Å². The zero-order valence-corrected chi connectivity index (χ0v) is 13.8. The minimum absolute atomic E-state index is 0.508. The van der Waals surface area contributed by atoms with Gasteiger partial charge in [0.1, 0.15) is 0 Å². The van der Waals surface area contributed by atoms with Gasteiger partial charge in [0, 0.05) is 39.3 Å². The average molecular weight is 325 g/mol. The topological polar surface area (TPSA) is 69.6 Å². The van der Waals surface area contributed by atoms with Gasteiger partial charge in [0.2, 0.25) is 10.0 Å². The van der Waals surface area contributed by atoms with E-state index in [-0.39, 0.29) is 0 Å². The van der Waals surface area contributed by atoms with Gasteiger partial charge in [-0.3, -0.25) is 0 Å². The summed E-state index contributed by atoms with van der Waals surface area (Å²) in [5.74, 6) is 1.77. The van der Waals surface area contributed by atoms with Crippen LogP contribution in [0.25, 0.3) is 0 Å². The molecule has 0 N–H and O–H groups in total. The van der Waals surface area contributed by atoms with Crippen LogP contribution in [-0.2, 0) is 10.0 Å². The molecule has 0 saturated carbocycles. The zero-order valence-electron chi connectivity index (χ0n) is 13.0. The van der Waals surface area contributed by atoms with E-state index in [9.17, 15) is 8.42 Å². The molecule has 3 heterocycles. The van der Waals surface area contributed by atoms with E-state index in [2.05, 4.69) is 20.0 Å². The van der Waals surface area contributed by atoms with E-state index >= 15 is 0 Å². The number of anilines is 2. The SMILES string of the molecule is CS(=O)(=O)N1CCN(c2ccc(N3CCCCC3)nn2)CC1. The largest absolute Gasteiger partial charge is 0.355 e. The molecule has 2 aliphatic heterocycles. The zero-order chi connectivity index (χ0) is 15.6. The lowest BCUT2D eigenvalue weighted by atomic mass is 10.1. The van der Waals surface area contributed by atoms with Crippen molar-refractivity contribution in [1.29, 1.82) is 0 Å². The molecule has 2 aliphatic rings. The van der Waals surface area contributed by atoms with Gasteiger partial charge >= 0.3 is 0 Å². The molecule has 122 valence electrons. The highest BCUT2D eigenvalue weighted by Crippen LogP contribution is 2.20. The standard InChI is InChI=1S/C14H23N5O2S/c1-22(20,21)19-11-9-18(10-12-19)14-6-5-13(15-16-14)17-7-3-2-4-8-17/h5-6H,2-4,7-12H2,1H3. The minimum atomic E-state index is -3.09. The molecule has 0 aliphatic carbocycles. The summed E-state index contributed by atoms with van der Waals surface area (Å²) in [5, 5.41) is 8.68. The van der Waals surface area contributed by atoms with E-state index in [1.807, 2.05) is 12.1 Å². The molecule has 7 nitrogen and oxygen atoms in total. The second kappa shape index (κ2) is 6.37. The van der Waals surface area contributed by atoms with Gasteiger partial charge in [-0.05, 0) is 31.4 Å². The maximum absolute atomic E-state index is 11.5. The fourth-order valence-corrected chi connectivity index (χ4v) is 3.85. The second-order valence-corrected chi connectivity index (χ2v) is 7.93. The Morgan fingerprint density at radius 2 is 1.32 bits per heavy atom. The molecule has 0 atom stereocenters. The maximum Gasteiger partial charge on any atom is 0.211 e. The Hall–Kier alpha value is -1.41. The summed E-state index contributed by atoms with van der Waals surface area (Å²) in [7, 11) is -3.09. The molecular formula is C14H23N5O2S. The molecule has 0 bridgehead atoms. The highest BCUT2D eigenvalue weighted by Gasteiger charge is 2.24. The molecule has 0 radical (unpaired) electrons. The van der Waals surface area contributed by atoms with Crippen LogP contribution in [-0.4, -0.2) is 68.4 Å². The molecule has 0 amide bonds. The number of rotatable bonds is 3. The van der Waals surface area contributed by atoms with Gasteiger partial charge in [-0.25, -0.2) is 8.42 Å². The molecule has 2 fully saturated rings. The van der Waals surface area contributed by atoms with Crippen LogP contribution in [0.2, 0.25) is 0 Å². The third-order valence-electron chi connectivity index (χ3n) is 4.35. The van der Waals surface area contributed by atoms with Crippen LogP contribution in [0.3, 0.4) is 0 Å². The molecule has 2 saturated heterocycles. The summed E-state index contributed by atoms with van der Waals surface area (Å²) in [5.41, 5.74) is 0. The van der Waals surface area contributed by atoms with Crippen LogP contribution in [0.4, 0.5) is 11.6 Å². The van der Waals surface area contributed by atoms with Crippen molar-refractivity contribution in [3.63, 3.8) is 0 Å². The van der Waals surface area contributed by atoms with E-state index in [1.165, 1.54) is 29.8 Å². The van der Waals surface area contributed by atoms with Gasteiger partial charge < -0.3 is 9.80 Å². The Balaban J connectivity index is 1.62. The number of piperidine rings is 1. The predicted molar refractivity (Wildman–Crippen MR) is 86.7 cm³/mol. The van der Waals surface area contributed by atoms with Crippen LogP contribution in [0.1, 0.15) is 19.3 Å². The smallest absolute Gasteiger partial charge is 0.211 e. The molecule has 1 aromatic heterocycles. The number of piperazine rings is 1. The Bertz CT molecular complexity index is 590. The van der Waals surface area contributed by atoms with E-state index < -0.39 is 10.0 Å². The van der Waals surface area contributed by atoms with E-state index in [1.54, 1.807) is 0 Å². The lowest BCUT2D eigenvalue weighted by molar-refractivity contribution is 0.386. The molecular weight excluding hydrogens is 302 g/mol. The van der Waals surface area contributed by atoms with Gasteiger partial charge in [-0.2, -0.15) is 4.31 Å². The molecule has 0 aromatic carbocycles. The molecule has 22 heavy (non-hydrogen) atoms. The summed E-state index contributed by atoms with van der Waals surface area (Å²) < 4.78 is 24.6. The quantitative estimate of drug-likeness (QED) is 0.808. The summed E-state index contributed by atoms with van der Waals surface area (Å²) >= 11 is 0. The number of aromatic nitrogens is 2. The predicted octanol–water partition coefficient (Wildman–Crippen LogP) is 0.548. The number of sulfonamides is 1. The van der Waals surface area contributed by atoms with Gasteiger partial charge in [-0.15, -0.1) is 10.2 Å². The van der Waals surface area contributed by atoms with E-state index in [0.29, 0.717) is 26.2 Å². The summed E-state index contributed by atoms with van der Waals surface area (Å²) in [6.07, 6.45) is 5.00. The van der Waals surface area contributed by atoms with E-state index in [4.69, 9.17) is 0 Å². The maximum atomic E-state index is 11.5. The third kappa shape index (κ3) is 3.49. The molecule has 0 unspecified atom stereocenters. The normalized spacial score (nSPS) is 21.1. The fourth-order valence-electron chi connectivity index (χ4n) is 3.03. The first kappa shape index (κ1) is 15.5. The minimum Gasteiger partial charge on any atom is -0.355 e. The highest BCUT2D eigenvalue weighted by atomic mass is 32.2. The molecule has 3 rings (SSSR count). The Morgan fingerprint density at radius 1 is 0.818 bits per heavy atom. The van der Waals surface area contributed by atoms with Crippen molar-refractivity contribution < 1.29 is 8.42 Å². The Kier molecular flexibility index (Phi) is 4.49.